The lowest BCUT2D eigenvalue weighted by atomic mass is 9.77. The Kier molecular flexibility index (Phi) is 4.19. The lowest BCUT2D eigenvalue weighted by molar-refractivity contribution is 0.00578. The molecule has 1 aromatic carbocycles. The zero-order valence-corrected chi connectivity index (χ0v) is 14.0. The Hall–Kier alpha value is -1.10. The fraction of sp³-hybridized carbons (Fsp3) is 0.556. The molecule has 1 aliphatic heterocycles. The Morgan fingerprint density at radius 3 is 2.36 bits per heavy atom. The molecule has 0 N–H and O–H groups in total. The van der Waals surface area contributed by atoms with E-state index in [1.165, 1.54) is 11.0 Å². The summed E-state index contributed by atoms with van der Waals surface area (Å²) in [5, 5.41) is 0. The molecule has 1 aromatic rings. The molecule has 2 aliphatic rings. The third-order valence-electron chi connectivity index (χ3n) is 4.99. The third-order valence-corrected chi connectivity index (χ3v) is 4.99. The maximum Gasteiger partial charge on any atom is 0.490 e. The van der Waals surface area contributed by atoms with Crippen molar-refractivity contribution in [2.45, 2.75) is 64.4 Å². The first-order valence-electron chi connectivity index (χ1n) is 8.07. The van der Waals surface area contributed by atoms with E-state index in [0.717, 1.165) is 12.8 Å². The van der Waals surface area contributed by atoms with Crippen molar-refractivity contribution in [1.29, 1.82) is 0 Å². The molecule has 118 valence electrons. The Morgan fingerprint density at radius 1 is 1.09 bits per heavy atom. The minimum atomic E-state index is -0.276. The monoisotopic (exact) mass is 300 g/mol. The topological polar surface area (TPSA) is 27.7 Å². The Bertz CT molecular complexity index is 535. The van der Waals surface area contributed by atoms with Crippen LogP contribution in [0.1, 0.15) is 46.1 Å². The number of hydrogen-bond donors (Lipinski definition) is 0. The van der Waals surface area contributed by atoms with Gasteiger partial charge in [-0.15, -0.1) is 0 Å². The second-order valence-electron chi connectivity index (χ2n) is 7.23. The van der Waals surface area contributed by atoms with E-state index in [0.29, 0.717) is 6.61 Å². The summed E-state index contributed by atoms with van der Waals surface area (Å²) in [6.45, 7) is 9.02. The molecule has 0 saturated carbocycles. The molecule has 22 heavy (non-hydrogen) atoms. The van der Waals surface area contributed by atoms with E-state index in [9.17, 15) is 0 Å². The van der Waals surface area contributed by atoms with E-state index in [-0.39, 0.29) is 24.4 Å². The summed E-state index contributed by atoms with van der Waals surface area (Å²) in [4.78, 5) is 0. The van der Waals surface area contributed by atoms with Crippen LogP contribution in [-0.2, 0) is 20.7 Å². The van der Waals surface area contributed by atoms with Crippen LogP contribution in [0.5, 0.6) is 0 Å². The quantitative estimate of drug-likeness (QED) is 0.789. The van der Waals surface area contributed by atoms with E-state index in [1.807, 2.05) is 18.2 Å². The van der Waals surface area contributed by atoms with Crippen molar-refractivity contribution in [3.8, 4) is 0 Å². The molecule has 1 unspecified atom stereocenters. The molecule has 3 rings (SSSR count). The number of hydrogen-bond acceptors (Lipinski definition) is 3. The third kappa shape index (κ3) is 3.14. The molecule has 3 nitrogen and oxygen atoms in total. The van der Waals surface area contributed by atoms with Gasteiger partial charge in [0, 0.05) is 0 Å². The van der Waals surface area contributed by atoms with Crippen molar-refractivity contribution in [3.63, 3.8) is 0 Å². The van der Waals surface area contributed by atoms with E-state index < -0.39 is 0 Å². The maximum absolute atomic E-state index is 6.11. The van der Waals surface area contributed by atoms with Gasteiger partial charge in [-0.05, 0) is 51.6 Å². The van der Waals surface area contributed by atoms with Crippen LogP contribution in [0.25, 0.3) is 0 Å². The molecule has 4 heteroatoms. The van der Waals surface area contributed by atoms with Crippen LogP contribution in [0.4, 0.5) is 0 Å². The van der Waals surface area contributed by atoms with Crippen LogP contribution in [-0.4, -0.2) is 24.4 Å². The average molecular weight is 300 g/mol. The van der Waals surface area contributed by atoms with Gasteiger partial charge in [0.1, 0.15) is 0 Å². The van der Waals surface area contributed by atoms with Crippen LogP contribution in [0.15, 0.2) is 41.9 Å². The predicted octanol–water partition coefficient (Wildman–Crippen LogP) is 3.92. The summed E-state index contributed by atoms with van der Waals surface area (Å²) >= 11 is 0. The molecule has 0 amide bonds. The van der Waals surface area contributed by atoms with Crippen LogP contribution >= 0.6 is 0 Å². The Balaban J connectivity index is 1.53. The maximum atomic E-state index is 6.11. The van der Waals surface area contributed by atoms with Gasteiger partial charge in [-0.1, -0.05) is 36.4 Å². The fourth-order valence-corrected chi connectivity index (χ4v) is 2.81. The van der Waals surface area contributed by atoms with Crippen molar-refractivity contribution >= 4 is 7.12 Å². The normalized spacial score (nSPS) is 26.3. The van der Waals surface area contributed by atoms with Crippen molar-refractivity contribution in [3.05, 3.63) is 47.4 Å². The summed E-state index contributed by atoms with van der Waals surface area (Å²) in [6, 6.07) is 10.3. The second-order valence-corrected chi connectivity index (χ2v) is 7.23. The van der Waals surface area contributed by atoms with E-state index in [2.05, 4.69) is 45.9 Å². The Labute approximate surface area is 133 Å². The van der Waals surface area contributed by atoms with Gasteiger partial charge in [0.2, 0.25) is 0 Å². The minimum Gasteiger partial charge on any atom is -0.400 e. The van der Waals surface area contributed by atoms with Crippen molar-refractivity contribution in [2.75, 3.05) is 0 Å². The lowest BCUT2D eigenvalue weighted by Gasteiger charge is -2.32. The molecule has 1 fully saturated rings. The summed E-state index contributed by atoms with van der Waals surface area (Å²) in [5.41, 5.74) is 1.88. The predicted molar refractivity (Wildman–Crippen MR) is 88.4 cm³/mol. The van der Waals surface area contributed by atoms with Crippen LogP contribution in [0.3, 0.4) is 0 Å². The average Bonchev–Trinajstić information content (AvgIpc) is 3.01. The highest BCUT2D eigenvalue weighted by Crippen LogP contribution is 2.40. The van der Waals surface area contributed by atoms with Gasteiger partial charge >= 0.3 is 7.12 Å². The van der Waals surface area contributed by atoms with Gasteiger partial charge in [0.15, 0.2) is 0 Å². The fourth-order valence-electron chi connectivity index (χ4n) is 2.81. The van der Waals surface area contributed by atoms with Crippen LogP contribution < -0.4 is 0 Å². The van der Waals surface area contributed by atoms with Gasteiger partial charge in [0.25, 0.3) is 0 Å². The van der Waals surface area contributed by atoms with Crippen LogP contribution in [0, 0.1) is 0 Å². The molecule has 0 spiro atoms. The van der Waals surface area contributed by atoms with Gasteiger partial charge in [-0.3, -0.25) is 0 Å². The summed E-state index contributed by atoms with van der Waals surface area (Å²) < 4.78 is 18.2. The van der Waals surface area contributed by atoms with E-state index >= 15 is 0 Å². The van der Waals surface area contributed by atoms with Gasteiger partial charge in [-0.25, -0.2) is 0 Å². The largest absolute Gasteiger partial charge is 0.490 e. The first-order valence-corrected chi connectivity index (χ1v) is 8.07. The van der Waals surface area contributed by atoms with Gasteiger partial charge < -0.3 is 14.0 Å². The van der Waals surface area contributed by atoms with Crippen LogP contribution in [0.2, 0.25) is 0 Å². The molecule has 1 heterocycles. The first-order chi connectivity index (χ1) is 10.4. The summed E-state index contributed by atoms with van der Waals surface area (Å²) in [5.74, 6) is 0. The standard InChI is InChI=1S/C18H25BO3/c1-17(2)18(3,4)22-19(21-17)15-10-11-16(12-15)20-13-14-8-6-5-7-9-14/h5-10,16H,11-13H2,1-4H3. The highest BCUT2D eigenvalue weighted by molar-refractivity contribution is 6.54. The Morgan fingerprint density at radius 2 is 1.73 bits per heavy atom. The van der Waals surface area contributed by atoms with Crippen molar-refractivity contribution < 1.29 is 14.0 Å². The smallest absolute Gasteiger partial charge is 0.400 e. The number of ether oxygens (including phenoxy) is 1. The van der Waals surface area contributed by atoms with E-state index in [1.54, 1.807) is 0 Å². The highest BCUT2D eigenvalue weighted by atomic mass is 16.7. The lowest BCUT2D eigenvalue weighted by Crippen LogP contribution is -2.41. The second kappa shape index (κ2) is 5.84. The van der Waals surface area contributed by atoms with Crippen molar-refractivity contribution in [1.82, 2.24) is 0 Å². The number of rotatable bonds is 4. The van der Waals surface area contributed by atoms with E-state index in [4.69, 9.17) is 14.0 Å². The molecular formula is C18H25BO3. The molecule has 0 bridgehead atoms. The van der Waals surface area contributed by atoms with Gasteiger partial charge in [-0.2, -0.15) is 0 Å². The van der Waals surface area contributed by atoms with Crippen molar-refractivity contribution in [2.24, 2.45) is 0 Å². The van der Waals surface area contributed by atoms with Gasteiger partial charge in [0.05, 0.1) is 23.9 Å². The molecule has 0 radical (unpaired) electrons. The number of benzene rings is 1. The zero-order valence-electron chi connectivity index (χ0n) is 14.0. The molecule has 1 atom stereocenters. The molecule has 1 saturated heterocycles. The SMILES string of the molecule is CC1(C)OB(C2=CCC(OCc3ccccc3)C2)OC1(C)C. The summed E-state index contributed by atoms with van der Waals surface area (Å²) in [6.07, 6.45) is 4.28. The molecular weight excluding hydrogens is 275 g/mol. The first kappa shape index (κ1) is 15.8. The zero-order chi connectivity index (χ0) is 15.8. The highest BCUT2D eigenvalue weighted by Gasteiger charge is 2.52. The molecule has 0 aromatic heterocycles. The molecule has 1 aliphatic carbocycles. The minimum absolute atomic E-state index is 0.227. The summed E-state index contributed by atoms with van der Waals surface area (Å²) in [7, 11) is -0.227.